The summed E-state index contributed by atoms with van der Waals surface area (Å²) >= 11 is 0. The molecule has 0 aliphatic carbocycles. The number of carbonyl (C=O) groups excluding carboxylic acids is 1. The first-order valence-electron chi connectivity index (χ1n) is 7.61. The van der Waals surface area contributed by atoms with E-state index < -0.39 is 18.7 Å². The summed E-state index contributed by atoms with van der Waals surface area (Å²) in [5, 5.41) is 2.58. The Morgan fingerprint density at radius 2 is 2.08 bits per heavy atom. The van der Waals surface area contributed by atoms with Crippen LogP contribution in [-0.4, -0.2) is 30.8 Å². The average molecular weight is 366 g/mol. The van der Waals surface area contributed by atoms with Crippen LogP contribution in [0.1, 0.15) is 11.1 Å². The van der Waals surface area contributed by atoms with Crippen LogP contribution in [0.5, 0.6) is 11.6 Å². The quantitative estimate of drug-likeness (QED) is 0.764. The number of nitrogens with one attached hydrogen (secondary N) is 1. The van der Waals surface area contributed by atoms with E-state index in [4.69, 9.17) is 4.74 Å². The zero-order valence-electron chi connectivity index (χ0n) is 13.9. The fourth-order valence-corrected chi connectivity index (χ4v) is 2.00. The molecule has 2 aromatic rings. The Morgan fingerprint density at radius 1 is 1.27 bits per heavy atom. The Hall–Kier alpha value is -3.03. The second kappa shape index (κ2) is 8.89. The lowest BCUT2D eigenvalue weighted by Crippen LogP contribution is -2.23. The van der Waals surface area contributed by atoms with Gasteiger partial charge in [0.2, 0.25) is 11.8 Å². The van der Waals surface area contributed by atoms with E-state index in [9.17, 15) is 18.0 Å². The van der Waals surface area contributed by atoms with Crippen LogP contribution < -0.4 is 14.8 Å². The number of alkyl halides is 3. The maximum absolute atomic E-state index is 12.3. The Kier molecular flexibility index (Phi) is 6.60. The van der Waals surface area contributed by atoms with Crippen LogP contribution in [0.3, 0.4) is 0 Å². The first-order valence-corrected chi connectivity index (χ1v) is 7.61. The van der Waals surface area contributed by atoms with Crippen molar-refractivity contribution in [3.05, 3.63) is 59.8 Å². The van der Waals surface area contributed by atoms with Crippen molar-refractivity contribution in [2.45, 2.75) is 12.7 Å². The van der Waals surface area contributed by atoms with Crippen LogP contribution >= 0.6 is 0 Å². The number of hydrogen-bond acceptors (Lipinski definition) is 4. The number of hydrogen-bond donors (Lipinski definition) is 1. The first-order chi connectivity index (χ1) is 12.4. The number of pyridine rings is 1. The molecule has 8 heteroatoms. The number of ether oxygens (including phenoxy) is 2. The van der Waals surface area contributed by atoms with Gasteiger partial charge in [-0.25, -0.2) is 4.98 Å². The predicted octanol–water partition coefficient (Wildman–Crippen LogP) is 3.36. The van der Waals surface area contributed by atoms with Crippen molar-refractivity contribution in [2.75, 3.05) is 13.7 Å². The Balaban J connectivity index is 1.93. The molecule has 0 bridgehead atoms. The number of halogens is 3. The molecular weight excluding hydrogens is 349 g/mol. The van der Waals surface area contributed by atoms with E-state index in [2.05, 4.69) is 15.0 Å². The Morgan fingerprint density at radius 3 is 2.81 bits per heavy atom. The van der Waals surface area contributed by atoms with Gasteiger partial charge in [-0.05, 0) is 29.8 Å². The van der Waals surface area contributed by atoms with Crippen LogP contribution in [0.4, 0.5) is 13.2 Å². The molecule has 1 aromatic heterocycles. The lowest BCUT2D eigenvalue weighted by atomic mass is 10.2. The zero-order chi connectivity index (χ0) is 19.0. The van der Waals surface area contributed by atoms with E-state index in [0.29, 0.717) is 11.3 Å². The molecule has 0 spiro atoms. The fourth-order valence-electron chi connectivity index (χ4n) is 2.00. The molecule has 1 aromatic carbocycles. The molecule has 0 saturated heterocycles. The van der Waals surface area contributed by atoms with Crippen LogP contribution in [0.15, 0.2) is 48.7 Å². The smallest absolute Gasteiger partial charge is 0.422 e. The minimum atomic E-state index is -4.46. The summed E-state index contributed by atoms with van der Waals surface area (Å²) in [6, 6.07) is 10.2. The van der Waals surface area contributed by atoms with Crippen molar-refractivity contribution in [3.63, 3.8) is 0 Å². The first kappa shape index (κ1) is 19.3. The summed E-state index contributed by atoms with van der Waals surface area (Å²) in [5.74, 6) is 0.0923. The van der Waals surface area contributed by atoms with Gasteiger partial charge in [0.05, 0.1) is 7.11 Å². The van der Waals surface area contributed by atoms with Crippen LogP contribution in [-0.2, 0) is 11.3 Å². The normalized spacial score (nSPS) is 11.4. The highest BCUT2D eigenvalue weighted by molar-refractivity contribution is 5.91. The van der Waals surface area contributed by atoms with Gasteiger partial charge in [0, 0.05) is 24.4 Å². The highest BCUT2D eigenvalue weighted by Crippen LogP contribution is 2.20. The summed E-state index contributed by atoms with van der Waals surface area (Å²) in [5.41, 5.74) is 1.12. The molecule has 138 valence electrons. The molecule has 2 rings (SSSR count). The number of nitrogens with zero attached hydrogens (tertiary/aromatic N) is 1. The summed E-state index contributed by atoms with van der Waals surface area (Å²) in [6.07, 6.45) is -0.221. The number of methoxy groups -OCH3 is 1. The van der Waals surface area contributed by atoms with Crippen molar-refractivity contribution in [2.24, 2.45) is 0 Å². The van der Waals surface area contributed by atoms with Crippen molar-refractivity contribution >= 4 is 12.0 Å². The molecule has 0 fully saturated rings. The van der Waals surface area contributed by atoms with E-state index in [1.54, 1.807) is 43.5 Å². The van der Waals surface area contributed by atoms with Crippen molar-refractivity contribution in [3.8, 4) is 11.6 Å². The van der Waals surface area contributed by atoms with E-state index in [-0.39, 0.29) is 12.4 Å². The second-order valence-electron chi connectivity index (χ2n) is 5.20. The Labute approximate surface area is 148 Å². The summed E-state index contributed by atoms with van der Waals surface area (Å²) in [6.45, 7) is -1.46. The van der Waals surface area contributed by atoms with Gasteiger partial charge in [-0.1, -0.05) is 18.2 Å². The fraction of sp³-hybridized carbons (Fsp3) is 0.222. The summed E-state index contributed by atoms with van der Waals surface area (Å²) in [7, 11) is 1.54. The molecule has 1 N–H and O–H groups in total. The van der Waals surface area contributed by atoms with Gasteiger partial charge >= 0.3 is 6.18 Å². The monoisotopic (exact) mass is 366 g/mol. The zero-order valence-corrected chi connectivity index (χ0v) is 13.9. The highest BCUT2D eigenvalue weighted by Gasteiger charge is 2.29. The number of amides is 1. The third-order valence-electron chi connectivity index (χ3n) is 3.20. The van der Waals surface area contributed by atoms with Crippen molar-refractivity contribution < 1.29 is 27.4 Å². The largest absolute Gasteiger partial charge is 0.497 e. The molecular formula is C18H17F3N2O3. The average Bonchev–Trinajstić information content (AvgIpc) is 2.63. The molecule has 0 radical (unpaired) electrons. The van der Waals surface area contributed by atoms with Crippen LogP contribution in [0.25, 0.3) is 6.08 Å². The van der Waals surface area contributed by atoms with E-state index in [0.717, 1.165) is 5.56 Å². The SMILES string of the molecule is COc1cccc(/C=C/C(=O)NCc2cccnc2OCC(F)(F)F)c1. The second-order valence-corrected chi connectivity index (χ2v) is 5.20. The van der Waals surface area contributed by atoms with Crippen molar-refractivity contribution in [1.82, 2.24) is 10.3 Å². The third-order valence-corrected chi connectivity index (χ3v) is 3.20. The lowest BCUT2D eigenvalue weighted by Gasteiger charge is -2.12. The topological polar surface area (TPSA) is 60.5 Å². The molecule has 0 atom stereocenters. The number of benzene rings is 1. The predicted molar refractivity (Wildman–Crippen MR) is 89.7 cm³/mol. The van der Waals surface area contributed by atoms with E-state index in [1.165, 1.54) is 18.3 Å². The molecule has 0 unspecified atom stereocenters. The maximum atomic E-state index is 12.3. The minimum Gasteiger partial charge on any atom is -0.497 e. The summed E-state index contributed by atoms with van der Waals surface area (Å²) in [4.78, 5) is 15.7. The highest BCUT2D eigenvalue weighted by atomic mass is 19.4. The number of rotatable bonds is 7. The van der Waals surface area contributed by atoms with Gasteiger partial charge in [0.15, 0.2) is 6.61 Å². The number of carbonyl (C=O) groups is 1. The van der Waals surface area contributed by atoms with Gasteiger partial charge < -0.3 is 14.8 Å². The van der Waals surface area contributed by atoms with E-state index in [1.807, 2.05) is 0 Å². The van der Waals surface area contributed by atoms with Gasteiger partial charge in [0.25, 0.3) is 0 Å². The van der Waals surface area contributed by atoms with Gasteiger partial charge in [0.1, 0.15) is 5.75 Å². The van der Waals surface area contributed by atoms with Crippen LogP contribution in [0.2, 0.25) is 0 Å². The van der Waals surface area contributed by atoms with Gasteiger partial charge in [-0.2, -0.15) is 13.2 Å². The molecule has 26 heavy (non-hydrogen) atoms. The molecule has 1 amide bonds. The maximum Gasteiger partial charge on any atom is 0.422 e. The van der Waals surface area contributed by atoms with Crippen LogP contribution in [0, 0.1) is 0 Å². The Bertz CT molecular complexity index is 776. The molecule has 5 nitrogen and oxygen atoms in total. The van der Waals surface area contributed by atoms with Crippen molar-refractivity contribution in [1.29, 1.82) is 0 Å². The minimum absolute atomic E-state index is 0.0116. The molecule has 0 aliphatic rings. The van der Waals surface area contributed by atoms with Gasteiger partial charge in [-0.3, -0.25) is 4.79 Å². The standard InChI is InChI=1S/C18H17F3N2O3/c1-25-15-6-2-4-13(10-15)7-8-16(24)23-11-14-5-3-9-22-17(14)26-12-18(19,20)21/h2-10H,11-12H2,1H3,(H,23,24)/b8-7+. The molecule has 0 saturated carbocycles. The summed E-state index contributed by atoms with van der Waals surface area (Å²) < 4.78 is 46.5. The lowest BCUT2D eigenvalue weighted by molar-refractivity contribution is -0.154. The van der Waals surface area contributed by atoms with E-state index >= 15 is 0 Å². The molecule has 0 aliphatic heterocycles. The number of aromatic nitrogens is 1. The molecule has 1 heterocycles. The van der Waals surface area contributed by atoms with Gasteiger partial charge in [-0.15, -0.1) is 0 Å². The third kappa shape index (κ3) is 6.46.